The van der Waals surface area contributed by atoms with Gasteiger partial charge in [-0.2, -0.15) is 8.42 Å². The van der Waals surface area contributed by atoms with Gasteiger partial charge in [-0.15, -0.1) is 0 Å². The molecule has 0 aliphatic heterocycles. The van der Waals surface area contributed by atoms with Crippen molar-refractivity contribution in [1.29, 1.82) is 0 Å². The predicted octanol–water partition coefficient (Wildman–Crippen LogP) is 1.93. The van der Waals surface area contributed by atoms with Gasteiger partial charge in [0.2, 0.25) is 0 Å². The zero-order valence-electron chi connectivity index (χ0n) is 7.23. The molecular formula is C9H10O3S. The van der Waals surface area contributed by atoms with Crippen LogP contribution in [0.15, 0.2) is 47.6 Å². The second kappa shape index (κ2) is 3.62. The van der Waals surface area contributed by atoms with Gasteiger partial charge in [-0.3, -0.25) is 0 Å². The van der Waals surface area contributed by atoms with Gasteiger partial charge >= 0.3 is 10.1 Å². The average Bonchev–Trinajstić information content (AvgIpc) is 2.04. The fourth-order valence-electron chi connectivity index (χ4n) is 0.823. The van der Waals surface area contributed by atoms with E-state index in [1.807, 2.05) is 0 Å². The lowest BCUT2D eigenvalue weighted by Gasteiger charge is -2.04. The first-order valence-corrected chi connectivity index (χ1v) is 5.08. The Morgan fingerprint density at radius 1 is 1.31 bits per heavy atom. The molecule has 0 radical (unpaired) electrons. The predicted molar refractivity (Wildman–Crippen MR) is 49.5 cm³/mol. The van der Waals surface area contributed by atoms with Crippen LogP contribution in [0.1, 0.15) is 6.92 Å². The SMILES string of the molecule is C=C(C)OS(=O)(=O)c1ccccc1. The summed E-state index contributed by atoms with van der Waals surface area (Å²) in [6, 6.07) is 7.94. The van der Waals surface area contributed by atoms with Crippen LogP contribution in [0.4, 0.5) is 0 Å². The van der Waals surface area contributed by atoms with Crippen molar-refractivity contribution in [2.45, 2.75) is 11.8 Å². The molecular weight excluding hydrogens is 188 g/mol. The summed E-state index contributed by atoms with van der Waals surface area (Å²) in [5, 5.41) is 0. The third-order valence-corrected chi connectivity index (χ3v) is 2.64. The molecule has 0 amide bonds. The van der Waals surface area contributed by atoms with Gasteiger partial charge in [-0.25, -0.2) is 0 Å². The van der Waals surface area contributed by atoms with E-state index >= 15 is 0 Å². The molecule has 0 aliphatic rings. The van der Waals surface area contributed by atoms with Crippen LogP contribution >= 0.6 is 0 Å². The van der Waals surface area contributed by atoms with Crippen molar-refractivity contribution in [2.75, 3.05) is 0 Å². The maximum absolute atomic E-state index is 11.4. The third-order valence-electron chi connectivity index (χ3n) is 1.28. The van der Waals surface area contributed by atoms with Crippen LogP contribution in [0.5, 0.6) is 0 Å². The van der Waals surface area contributed by atoms with Crippen molar-refractivity contribution in [1.82, 2.24) is 0 Å². The topological polar surface area (TPSA) is 43.4 Å². The Labute approximate surface area is 77.8 Å². The minimum Gasteiger partial charge on any atom is -0.384 e. The molecule has 0 bridgehead atoms. The maximum Gasteiger partial charge on any atom is 0.338 e. The number of benzene rings is 1. The first-order valence-electron chi connectivity index (χ1n) is 3.67. The Kier molecular flexibility index (Phi) is 2.72. The first-order chi connectivity index (χ1) is 6.02. The summed E-state index contributed by atoms with van der Waals surface area (Å²) in [6.07, 6.45) is 0. The van der Waals surface area contributed by atoms with Gasteiger partial charge in [0, 0.05) is 0 Å². The summed E-state index contributed by atoms with van der Waals surface area (Å²) >= 11 is 0. The van der Waals surface area contributed by atoms with Gasteiger partial charge < -0.3 is 4.18 Å². The van der Waals surface area contributed by atoms with Crippen LogP contribution in [0.2, 0.25) is 0 Å². The van der Waals surface area contributed by atoms with Crippen LogP contribution < -0.4 is 0 Å². The number of rotatable bonds is 3. The van der Waals surface area contributed by atoms with Crippen molar-refractivity contribution in [3.63, 3.8) is 0 Å². The van der Waals surface area contributed by atoms with Crippen LogP contribution in [0.3, 0.4) is 0 Å². The van der Waals surface area contributed by atoms with Crippen molar-refractivity contribution >= 4 is 10.1 Å². The lowest BCUT2D eigenvalue weighted by Crippen LogP contribution is -2.03. The maximum atomic E-state index is 11.4. The van der Waals surface area contributed by atoms with Crippen molar-refractivity contribution in [3.05, 3.63) is 42.7 Å². The molecule has 0 N–H and O–H groups in total. The van der Waals surface area contributed by atoms with Gasteiger partial charge in [0.1, 0.15) is 10.7 Å². The van der Waals surface area contributed by atoms with Crippen LogP contribution in [0.25, 0.3) is 0 Å². The van der Waals surface area contributed by atoms with Gasteiger partial charge in [-0.1, -0.05) is 24.8 Å². The summed E-state index contributed by atoms with van der Waals surface area (Å²) in [5.74, 6) is 0.156. The van der Waals surface area contributed by atoms with Crippen LogP contribution in [-0.2, 0) is 14.3 Å². The van der Waals surface area contributed by atoms with E-state index in [0.717, 1.165) is 0 Å². The van der Waals surface area contributed by atoms with Gasteiger partial charge in [-0.05, 0) is 19.1 Å². The minimum atomic E-state index is -3.66. The van der Waals surface area contributed by atoms with E-state index in [1.54, 1.807) is 18.2 Å². The number of hydrogen-bond acceptors (Lipinski definition) is 3. The quantitative estimate of drug-likeness (QED) is 0.550. The van der Waals surface area contributed by atoms with E-state index in [-0.39, 0.29) is 10.7 Å². The molecule has 0 aromatic heterocycles. The highest BCUT2D eigenvalue weighted by Gasteiger charge is 2.14. The molecule has 3 nitrogen and oxygen atoms in total. The molecule has 0 unspecified atom stereocenters. The highest BCUT2D eigenvalue weighted by molar-refractivity contribution is 7.86. The number of allylic oxidation sites excluding steroid dienone is 1. The largest absolute Gasteiger partial charge is 0.384 e. The lowest BCUT2D eigenvalue weighted by atomic mass is 10.4. The highest BCUT2D eigenvalue weighted by atomic mass is 32.2. The van der Waals surface area contributed by atoms with Crippen LogP contribution in [0, 0.1) is 0 Å². The zero-order valence-corrected chi connectivity index (χ0v) is 8.04. The Balaban J connectivity index is 3.02. The summed E-state index contributed by atoms with van der Waals surface area (Å²) in [6.45, 7) is 4.85. The van der Waals surface area contributed by atoms with Crippen molar-refractivity contribution in [2.24, 2.45) is 0 Å². The molecule has 0 spiro atoms. The second-order valence-corrected chi connectivity index (χ2v) is 4.10. The summed E-state index contributed by atoms with van der Waals surface area (Å²) < 4.78 is 27.3. The second-order valence-electron chi connectivity index (χ2n) is 2.55. The van der Waals surface area contributed by atoms with Gasteiger partial charge in [0.15, 0.2) is 0 Å². The highest BCUT2D eigenvalue weighted by Crippen LogP contribution is 2.13. The van der Waals surface area contributed by atoms with E-state index in [9.17, 15) is 8.42 Å². The normalized spacial score (nSPS) is 10.8. The molecule has 0 saturated heterocycles. The molecule has 0 aliphatic carbocycles. The molecule has 4 heteroatoms. The number of hydrogen-bond donors (Lipinski definition) is 0. The molecule has 1 aromatic rings. The molecule has 70 valence electrons. The molecule has 1 rings (SSSR count). The fourth-order valence-corrected chi connectivity index (χ4v) is 1.78. The Bertz CT molecular complexity index is 392. The monoisotopic (exact) mass is 198 g/mol. The van der Waals surface area contributed by atoms with Crippen LogP contribution in [-0.4, -0.2) is 8.42 Å². The van der Waals surface area contributed by atoms with E-state index < -0.39 is 10.1 Å². The van der Waals surface area contributed by atoms with Crippen molar-refractivity contribution in [3.8, 4) is 0 Å². The molecule has 0 atom stereocenters. The summed E-state index contributed by atoms with van der Waals surface area (Å²) in [5.41, 5.74) is 0. The fraction of sp³-hybridized carbons (Fsp3) is 0.111. The van der Waals surface area contributed by atoms with Crippen molar-refractivity contribution < 1.29 is 12.6 Å². The third kappa shape index (κ3) is 2.59. The zero-order chi connectivity index (χ0) is 9.90. The molecule has 1 aromatic carbocycles. The van der Waals surface area contributed by atoms with E-state index in [1.165, 1.54) is 19.1 Å². The molecule has 0 heterocycles. The molecule has 0 saturated carbocycles. The van der Waals surface area contributed by atoms with E-state index in [0.29, 0.717) is 0 Å². The molecule has 0 fully saturated rings. The van der Waals surface area contributed by atoms with Gasteiger partial charge in [0.25, 0.3) is 0 Å². The summed E-state index contributed by atoms with van der Waals surface area (Å²) in [7, 11) is -3.66. The Morgan fingerprint density at radius 3 is 2.31 bits per heavy atom. The Hall–Kier alpha value is -1.29. The lowest BCUT2D eigenvalue weighted by molar-refractivity contribution is 0.410. The van der Waals surface area contributed by atoms with E-state index in [2.05, 4.69) is 10.8 Å². The van der Waals surface area contributed by atoms with E-state index in [4.69, 9.17) is 0 Å². The van der Waals surface area contributed by atoms with Gasteiger partial charge in [0.05, 0.1) is 0 Å². The molecule has 13 heavy (non-hydrogen) atoms. The Morgan fingerprint density at radius 2 is 1.85 bits per heavy atom. The first kappa shape index (κ1) is 9.80. The minimum absolute atomic E-state index is 0.137. The smallest absolute Gasteiger partial charge is 0.338 e. The standard InChI is InChI=1S/C9H10O3S/c1-8(2)12-13(10,11)9-6-4-3-5-7-9/h3-7H,1H2,2H3. The average molecular weight is 198 g/mol. The summed E-state index contributed by atoms with van der Waals surface area (Å²) in [4.78, 5) is 0.137.